The van der Waals surface area contributed by atoms with Crippen LogP contribution in [-0.4, -0.2) is 48.6 Å². The molecule has 146 valence electrons. The summed E-state index contributed by atoms with van der Waals surface area (Å²) in [5, 5.41) is 4.04. The Morgan fingerprint density at radius 2 is 2.11 bits per heavy atom. The molecule has 28 heavy (non-hydrogen) atoms. The molecule has 0 N–H and O–H groups in total. The number of hydrogen-bond acceptors (Lipinski definition) is 6. The van der Waals surface area contributed by atoms with Gasteiger partial charge in [-0.1, -0.05) is 5.16 Å². The van der Waals surface area contributed by atoms with Crippen molar-refractivity contribution in [3.05, 3.63) is 48.3 Å². The minimum atomic E-state index is 0.196. The zero-order valence-electron chi connectivity index (χ0n) is 16.2. The molecule has 0 saturated carbocycles. The van der Waals surface area contributed by atoms with Gasteiger partial charge in [0.1, 0.15) is 5.76 Å². The summed E-state index contributed by atoms with van der Waals surface area (Å²) in [4.78, 5) is 27.6. The van der Waals surface area contributed by atoms with Gasteiger partial charge in [-0.05, 0) is 32.6 Å². The topological polar surface area (TPSA) is 89.9 Å². The van der Waals surface area contributed by atoms with Crippen LogP contribution in [0.3, 0.4) is 0 Å². The van der Waals surface area contributed by atoms with Crippen molar-refractivity contribution in [2.24, 2.45) is 5.92 Å². The molecule has 4 heterocycles. The number of likely N-dealkylation sites (tertiary alicyclic amines) is 1. The third kappa shape index (κ3) is 3.81. The van der Waals surface area contributed by atoms with Crippen molar-refractivity contribution in [1.29, 1.82) is 0 Å². The fourth-order valence-electron chi connectivity index (χ4n) is 3.85. The molecular formula is C20H24N6O2. The highest BCUT2D eigenvalue weighted by molar-refractivity contribution is 5.76. The van der Waals surface area contributed by atoms with Gasteiger partial charge >= 0.3 is 0 Å². The van der Waals surface area contributed by atoms with E-state index in [1.807, 2.05) is 29.5 Å². The SMILES string of the molecule is Cc1noc(C)c1-c1nccnc1C[C@H]1CCN(C(=O)CCn2ccnc2)C1. The molecule has 0 bridgehead atoms. The second kappa shape index (κ2) is 7.92. The lowest BCUT2D eigenvalue weighted by molar-refractivity contribution is -0.130. The first-order valence-corrected chi connectivity index (χ1v) is 9.58. The highest BCUT2D eigenvalue weighted by Crippen LogP contribution is 2.30. The number of carbonyl (C=O) groups excluding carboxylic acids is 1. The Hall–Kier alpha value is -3.03. The fraction of sp³-hybridized carbons (Fsp3) is 0.450. The summed E-state index contributed by atoms with van der Waals surface area (Å²) in [6.07, 6.45) is 11.0. The second-order valence-electron chi connectivity index (χ2n) is 7.30. The van der Waals surface area contributed by atoms with Crippen LogP contribution in [0.1, 0.15) is 30.0 Å². The summed E-state index contributed by atoms with van der Waals surface area (Å²) in [5.41, 5.74) is 3.52. The lowest BCUT2D eigenvalue weighted by atomic mass is 9.98. The van der Waals surface area contributed by atoms with Crippen molar-refractivity contribution >= 4 is 5.91 Å². The number of nitrogens with zero attached hydrogens (tertiary/aromatic N) is 6. The molecular weight excluding hydrogens is 356 g/mol. The average Bonchev–Trinajstić information content (AvgIpc) is 3.43. The summed E-state index contributed by atoms with van der Waals surface area (Å²) in [6.45, 7) is 6.04. The third-order valence-corrected chi connectivity index (χ3v) is 5.31. The van der Waals surface area contributed by atoms with Gasteiger partial charge in [-0.25, -0.2) is 4.98 Å². The number of aryl methyl sites for hydroxylation is 3. The maximum absolute atomic E-state index is 12.5. The van der Waals surface area contributed by atoms with Crippen LogP contribution >= 0.6 is 0 Å². The highest BCUT2D eigenvalue weighted by atomic mass is 16.5. The molecule has 8 nitrogen and oxygen atoms in total. The summed E-state index contributed by atoms with van der Waals surface area (Å²) in [5.74, 6) is 1.33. The normalized spacial score (nSPS) is 16.6. The Balaban J connectivity index is 1.40. The van der Waals surface area contributed by atoms with E-state index in [1.54, 1.807) is 24.9 Å². The summed E-state index contributed by atoms with van der Waals surface area (Å²) >= 11 is 0. The van der Waals surface area contributed by atoms with Crippen LogP contribution in [0.15, 0.2) is 35.6 Å². The number of rotatable bonds is 6. The van der Waals surface area contributed by atoms with E-state index in [0.717, 1.165) is 54.3 Å². The molecule has 4 rings (SSSR count). The van der Waals surface area contributed by atoms with Gasteiger partial charge in [-0.3, -0.25) is 14.8 Å². The third-order valence-electron chi connectivity index (χ3n) is 5.31. The Bertz CT molecular complexity index is 930. The lowest BCUT2D eigenvalue weighted by Gasteiger charge is -2.17. The van der Waals surface area contributed by atoms with Gasteiger partial charge in [-0.15, -0.1) is 0 Å². The minimum Gasteiger partial charge on any atom is -0.361 e. The monoisotopic (exact) mass is 380 g/mol. The molecule has 0 aliphatic carbocycles. The van der Waals surface area contributed by atoms with Crippen LogP contribution < -0.4 is 0 Å². The van der Waals surface area contributed by atoms with Crippen molar-refractivity contribution in [2.75, 3.05) is 13.1 Å². The number of carbonyl (C=O) groups is 1. The maximum atomic E-state index is 12.5. The van der Waals surface area contributed by atoms with E-state index in [4.69, 9.17) is 4.52 Å². The second-order valence-corrected chi connectivity index (χ2v) is 7.30. The quantitative estimate of drug-likeness (QED) is 0.652. The lowest BCUT2D eigenvalue weighted by Crippen LogP contribution is -2.29. The molecule has 1 aliphatic heterocycles. The van der Waals surface area contributed by atoms with Crippen molar-refractivity contribution in [3.8, 4) is 11.3 Å². The first kappa shape index (κ1) is 18.3. The van der Waals surface area contributed by atoms with E-state index in [9.17, 15) is 4.79 Å². The Kier molecular flexibility index (Phi) is 5.18. The van der Waals surface area contributed by atoms with Gasteiger partial charge < -0.3 is 14.0 Å². The van der Waals surface area contributed by atoms with E-state index in [1.165, 1.54) is 0 Å². The minimum absolute atomic E-state index is 0.196. The van der Waals surface area contributed by atoms with E-state index in [2.05, 4.69) is 20.1 Å². The summed E-state index contributed by atoms with van der Waals surface area (Å²) < 4.78 is 7.24. The van der Waals surface area contributed by atoms with Crippen LogP contribution in [0.4, 0.5) is 0 Å². The summed E-state index contributed by atoms with van der Waals surface area (Å²) in [7, 11) is 0. The number of aromatic nitrogens is 5. The number of imidazole rings is 1. The van der Waals surface area contributed by atoms with Crippen LogP contribution in [-0.2, 0) is 17.8 Å². The van der Waals surface area contributed by atoms with Crippen LogP contribution in [0, 0.1) is 19.8 Å². The molecule has 1 saturated heterocycles. The van der Waals surface area contributed by atoms with Crippen LogP contribution in [0.5, 0.6) is 0 Å². The van der Waals surface area contributed by atoms with Gasteiger partial charge in [0, 0.05) is 50.8 Å². The van der Waals surface area contributed by atoms with Gasteiger partial charge in [0.05, 0.1) is 29.0 Å². The van der Waals surface area contributed by atoms with Gasteiger partial charge in [0.25, 0.3) is 0 Å². The molecule has 0 spiro atoms. The first-order valence-electron chi connectivity index (χ1n) is 9.58. The molecule has 1 fully saturated rings. The van der Waals surface area contributed by atoms with Gasteiger partial charge in [0.2, 0.25) is 5.91 Å². The Morgan fingerprint density at radius 1 is 1.25 bits per heavy atom. The van der Waals surface area contributed by atoms with E-state index in [-0.39, 0.29) is 5.91 Å². The molecule has 0 aromatic carbocycles. The van der Waals surface area contributed by atoms with E-state index >= 15 is 0 Å². The molecule has 3 aromatic rings. The van der Waals surface area contributed by atoms with Crippen molar-refractivity contribution in [2.45, 2.75) is 39.7 Å². The van der Waals surface area contributed by atoms with Crippen molar-refractivity contribution < 1.29 is 9.32 Å². The van der Waals surface area contributed by atoms with Gasteiger partial charge in [0.15, 0.2) is 0 Å². The molecule has 8 heteroatoms. The molecule has 0 radical (unpaired) electrons. The first-order chi connectivity index (χ1) is 13.6. The van der Waals surface area contributed by atoms with Crippen molar-refractivity contribution in [1.82, 2.24) is 29.6 Å². The van der Waals surface area contributed by atoms with Crippen LogP contribution in [0.25, 0.3) is 11.3 Å². The Morgan fingerprint density at radius 3 is 2.86 bits per heavy atom. The standard InChI is InChI=1S/C20H24N6O2/c1-14-19(15(2)28-24-14)20-17(22-5-6-23-20)11-16-3-9-26(12-16)18(27)4-8-25-10-7-21-13-25/h5-7,10,13,16H,3-4,8-9,11-12H2,1-2H3/t16-/m1/s1. The zero-order valence-corrected chi connectivity index (χ0v) is 16.2. The molecule has 0 unspecified atom stereocenters. The number of hydrogen-bond donors (Lipinski definition) is 0. The summed E-state index contributed by atoms with van der Waals surface area (Å²) in [6, 6.07) is 0. The van der Waals surface area contributed by atoms with Gasteiger partial charge in [-0.2, -0.15) is 0 Å². The molecule has 1 atom stereocenters. The van der Waals surface area contributed by atoms with E-state index in [0.29, 0.717) is 18.9 Å². The van der Waals surface area contributed by atoms with Crippen molar-refractivity contribution in [3.63, 3.8) is 0 Å². The van der Waals surface area contributed by atoms with Crippen LogP contribution in [0.2, 0.25) is 0 Å². The largest absolute Gasteiger partial charge is 0.361 e. The van der Waals surface area contributed by atoms with E-state index < -0.39 is 0 Å². The average molecular weight is 380 g/mol. The Labute approximate surface area is 163 Å². The smallest absolute Gasteiger partial charge is 0.224 e. The zero-order chi connectivity index (χ0) is 19.5. The fourth-order valence-corrected chi connectivity index (χ4v) is 3.85. The molecule has 1 amide bonds. The molecule has 1 aliphatic rings. The maximum Gasteiger partial charge on any atom is 0.224 e. The highest BCUT2D eigenvalue weighted by Gasteiger charge is 2.28. The molecule has 3 aromatic heterocycles. The number of amides is 1. The predicted molar refractivity (Wildman–Crippen MR) is 102 cm³/mol. The predicted octanol–water partition coefficient (Wildman–Crippen LogP) is 2.43.